The standard InChI is InChI=1S/C22H23ClN4O4/c1-14-9-17(13-25-24-12-16-5-8-21(30-3)22(10-16)31-4)15(2)26(14)20-7-6-18(27(28)29)11-19(20)23/h5-11,13,24H,12H2,1-4H3/b25-13-. The molecule has 0 atom stereocenters. The number of rotatable bonds is 8. The summed E-state index contributed by atoms with van der Waals surface area (Å²) in [6.45, 7) is 4.41. The van der Waals surface area contributed by atoms with Crippen LogP contribution in [0.2, 0.25) is 5.02 Å². The molecule has 0 radical (unpaired) electrons. The maximum Gasteiger partial charge on any atom is 0.271 e. The fourth-order valence-corrected chi connectivity index (χ4v) is 3.58. The second-order valence-electron chi connectivity index (χ2n) is 6.84. The van der Waals surface area contributed by atoms with Crippen molar-refractivity contribution in [3.05, 3.63) is 80.1 Å². The van der Waals surface area contributed by atoms with E-state index in [0.29, 0.717) is 28.8 Å². The predicted octanol–water partition coefficient (Wildman–Crippen LogP) is 4.80. The number of nitro groups is 1. The molecule has 9 heteroatoms. The van der Waals surface area contributed by atoms with Crippen LogP contribution >= 0.6 is 11.6 Å². The molecule has 0 aliphatic rings. The number of nitro benzene ring substituents is 1. The first-order chi connectivity index (χ1) is 14.8. The van der Waals surface area contributed by atoms with Gasteiger partial charge in [-0.3, -0.25) is 10.1 Å². The van der Waals surface area contributed by atoms with Gasteiger partial charge in [0.05, 0.1) is 42.6 Å². The lowest BCUT2D eigenvalue weighted by molar-refractivity contribution is -0.384. The Morgan fingerprint density at radius 2 is 1.87 bits per heavy atom. The topological polar surface area (TPSA) is 90.9 Å². The third-order valence-corrected chi connectivity index (χ3v) is 5.18. The Hall–Kier alpha value is -3.52. The van der Waals surface area contributed by atoms with Gasteiger partial charge in [-0.2, -0.15) is 5.10 Å². The molecule has 2 aromatic carbocycles. The third-order valence-electron chi connectivity index (χ3n) is 4.88. The smallest absolute Gasteiger partial charge is 0.271 e. The second-order valence-corrected chi connectivity index (χ2v) is 7.24. The Morgan fingerprint density at radius 3 is 2.52 bits per heavy atom. The Labute approximate surface area is 185 Å². The first-order valence-electron chi connectivity index (χ1n) is 9.45. The zero-order valence-electron chi connectivity index (χ0n) is 17.7. The molecule has 0 saturated carbocycles. The summed E-state index contributed by atoms with van der Waals surface area (Å²) in [6, 6.07) is 12.1. The van der Waals surface area contributed by atoms with E-state index in [2.05, 4.69) is 10.5 Å². The lowest BCUT2D eigenvalue weighted by Crippen LogP contribution is -2.06. The number of aromatic nitrogens is 1. The molecule has 0 fully saturated rings. The average Bonchev–Trinajstić information content (AvgIpc) is 3.04. The van der Waals surface area contributed by atoms with E-state index in [4.69, 9.17) is 21.1 Å². The van der Waals surface area contributed by atoms with E-state index in [1.165, 1.54) is 12.1 Å². The van der Waals surface area contributed by atoms with Crippen LogP contribution in [-0.4, -0.2) is 29.9 Å². The lowest BCUT2D eigenvalue weighted by Gasteiger charge is -2.11. The highest BCUT2D eigenvalue weighted by Crippen LogP contribution is 2.29. The van der Waals surface area contributed by atoms with Gasteiger partial charge in [-0.1, -0.05) is 17.7 Å². The summed E-state index contributed by atoms with van der Waals surface area (Å²) in [5.41, 5.74) is 7.43. The van der Waals surface area contributed by atoms with Crippen molar-refractivity contribution in [2.45, 2.75) is 20.4 Å². The van der Waals surface area contributed by atoms with Gasteiger partial charge in [-0.15, -0.1) is 0 Å². The Kier molecular flexibility index (Phi) is 6.81. The molecule has 0 saturated heterocycles. The van der Waals surface area contributed by atoms with Crippen LogP contribution in [0, 0.1) is 24.0 Å². The molecule has 0 bridgehead atoms. The lowest BCUT2D eigenvalue weighted by atomic mass is 10.2. The van der Waals surface area contributed by atoms with Crippen molar-refractivity contribution in [1.82, 2.24) is 9.99 Å². The van der Waals surface area contributed by atoms with E-state index in [9.17, 15) is 10.1 Å². The van der Waals surface area contributed by atoms with Crippen LogP contribution in [0.3, 0.4) is 0 Å². The van der Waals surface area contributed by atoms with Crippen molar-refractivity contribution in [2.75, 3.05) is 14.2 Å². The van der Waals surface area contributed by atoms with E-state index < -0.39 is 4.92 Å². The number of ether oxygens (including phenoxy) is 2. The van der Waals surface area contributed by atoms with Crippen molar-refractivity contribution in [3.8, 4) is 17.2 Å². The quantitative estimate of drug-likeness (QED) is 0.307. The molecule has 0 unspecified atom stereocenters. The molecule has 1 heterocycles. The van der Waals surface area contributed by atoms with E-state index in [-0.39, 0.29) is 5.69 Å². The number of benzene rings is 2. The van der Waals surface area contributed by atoms with Crippen LogP contribution in [-0.2, 0) is 6.54 Å². The van der Waals surface area contributed by atoms with Gasteiger partial charge in [-0.25, -0.2) is 0 Å². The monoisotopic (exact) mass is 442 g/mol. The average molecular weight is 443 g/mol. The number of hydrogen-bond acceptors (Lipinski definition) is 6. The SMILES string of the molecule is COc1ccc(CN/N=C\c2cc(C)n(-c3ccc([N+](=O)[O-])cc3Cl)c2C)cc1OC. The molecule has 1 N–H and O–H groups in total. The fraction of sp³-hybridized carbons (Fsp3) is 0.227. The van der Waals surface area contributed by atoms with Crippen molar-refractivity contribution >= 4 is 23.5 Å². The van der Waals surface area contributed by atoms with E-state index >= 15 is 0 Å². The number of non-ortho nitro benzene ring substituents is 1. The Bertz CT molecular complexity index is 1140. The zero-order valence-corrected chi connectivity index (χ0v) is 18.4. The molecule has 0 spiro atoms. The van der Waals surface area contributed by atoms with Gasteiger partial charge < -0.3 is 19.5 Å². The van der Waals surface area contributed by atoms with Crippen LogP contribution in [0.25, 0.3) is 5.69 Å². The molecule has 3 rings (SSSR count). The number of nitrogens with one attached hydrogen (secondary N) is 1. The zero-order chi connectivity index (χ0) is 22.5. The highest BCUT2D eigenvalue weighted by Gasteiger charge is 2.15. The first-order valence-corrected chi connectivity index (χ1v) is 9.83. The van der Waals surface area contributed by atoms with E-state index in [1.807, 2.05) is 42.7 Å². The number of methoxy groups -OCH3 is 2. The predicted molar refractivity (Wildman–Crippen MR) is 121 cm³/mol. The molecule has 3 aromatic rings. The molecule has 31 heavy (non-hydrogen) atoms. The Balaban J connectivity index is 1.75. The van der Waals surface area contributed by atoms with Crippen molar-refractivity contribution in [3.63, 3.8) is 0 Å². The van der Waals surface area contributed by atoms with Crippen LogP contribution in [0.5, 0.6) is 11.5 Å². The summed E-state index contributed by atoms with van der Waals surface area (Å²) in [5.74, 6) is 1.33. The normalized spacial score (nSPS) is 11.0. The molecule has 0 aliphatic carbocycles. The summed E-state index contributed by atoms with van der Waals surface area (Å²) in [5, 5.41) is 15.6. The van der Waals surface area contributed by atoms with Gasteiger partial charge in [0.15, 0.2) is 11.5 Å². The molecule has 0 amide bonds. The summed E-state index contributed by atoms with van der Waals surface area (Å²) in [6.07, 6.45) is 1.74. The molecule has 162 valence electrons. The minimum Gasteiger partial charge on any atom is -0.493 e. The molecule has 0 aliphatic heterocycles. The van der Waals surface area contributed by atoms with Gasteiger partial charge in [0.25, 0.3) is 5.69 Å². The van der Waals surface area contributed by atoms with Crippen molar-refractivity contribution < 1.29 is 14.4 Å². The minimum atomic E-state index is -0.465. The molecule has 8 nitrogen and oxygen atoms in total. The van der Waals surface area contributed by atoms with Gasteiger partial charge in [0.2, 0.25) is 0 Å². The maximum absolute atomic E-state index is 11.0. The highest BCUT2D eigenvalue weighted by molar-refractivity contribution is 6.32. The van der Waals surface area contributed by atoms with Gasteiger partial charge >= 0.3 is 0 Å². The van der Waals surface area contributed by atoms with Gasteiger partial charge in [-0.05, 0) is 43.7 Å². The summed E-state index contributed by atoms with van der Waals surface area (Å²) < 4.78 is 12.5. The number of aryl methyl sites for hydroxylation is 1. The van der Waals surface area contributed by atoms with Crippen molar-refractivity contribution in [2.24, 2.45) is 5.10 Å². The Morgan fingerprint density at radius 1 is 1.13 bits per heavy atom. The summed E-state index contributed by atoms with van der Waals surface area (Å²) in [7, 11) is 3.20. The van der Waals surface area contributed by atoms with Crippen LogP contribution in [0.4, 0.5) is 5.69 Å². The van der Waals surface area contributed by atoms with E-state index in [1.54, 1.807) is 26.5 Å². The largest absolute Gasteiger partial charge is 0.493 e. The van der Waals surface area contributed by atoms with Gasteiger partial charge in [0, 0.05) is 29.1 Å². The number of halogens is 1. The fourth-order valence-electron chi connectivity index (χ4n) is 3.32. The van der Waals surface area contributed by atoms with Crippen LogP contribution in [0.1, 0.15) is 22.5 Å². The maximum atomic E-state index is 11.0. The summed E-state index contributed by atoms with van der Waals surface area (Å²) in [4.78, 5) is 10.5. The van der Waals surface area contributed by atoms with E-state index in [0.717, 1.165) is 22.5 Å². The number of hydrogen-bond donors (Lipinski definition) is 1. The minimum absolute atomic E-state index is 0.0441. The number of hydrazone groups is 1. The molecular weight excluding hydrogens is 420 g/mol. The second kappa shape index (κ2) is 9.53. The molecule has 1 aromatic heterocycles. The highest BCUT2D eigenvalue weighted by atomic mass is 35.5. The molecular formula is C22H23ClN4O4. The number of nitrogens with zero attached hydrogens (tertiary/aromatic N) is 3. The first kappa shape index (κ1) is 22.2. The van der Waals surface area contributed by atoms with Crippen LogP contribution < -0.4 is 14.9 Å². The van der Waals surface area contributed by atoms with Crippen molar-refractivity contribution in [1.29, 1.82) is 0 Å². The summed E-state index contributed by atoms with van der Waals surface area (Å²) >= 11 is 6.31. The van der Waals surface area contributed by atoms with Gasteiger partial charge in [0.1, 0.15) is 0 Å². The third kappa shape index (κ3) is 4.80. The van der Waals surface area contributed by atoms with Crippen LogP contribution in [0.15, 0.2) is 47.6 Å².